The number of carbonyl (C=O) groups is 3. The third kappa shape index (κ3) is 4.58. The summed E-state index contributed by atoms with van der Waals surface area (Å²) in [5.74, 6) is -0.550. The third-order valence-electron chi connectivity index (χ3n) is 5.52. The Hall–Kier alpha value is -3.06. The molecule has 1 unspecified atom stereocenters. The van der Waals surface area contributed by atoms with Crippen molar-refractivity contribution < 1.29 is 19.1 Å². The van der Waals surface area contributed by atoms with Gasteiger partial charge in [-0.3, -0.25) is 9.59 Å². The summed E-state index contributed by atoms with van der Waals surface area (Å²) in [5, 5.41) is 3.49. The van der Waals surface area contributed by atoms with Gasteiger partial charge in [0, 0.05) is 18.1 Å². The number of amides is 3. The minimum Gasteiger partial charge on any atom is -0.449 e. The van der Waals surface area contributed by atoms with Crippen molar-refractivity contribution in [1.29, 1.82) is 0 Å². The van der Waals surface area contributed by atoms with E-state index in [-0.39, 0.29) is 36.9 Å². The lowest BCUT2D eigenvalue weighted by atomic mass is 9.99. The largest absolute Gasteiger partial charge is 0.449 e. The molecule has 2 aliphatic rings. The molecule has 2 aromatic carbocycles. The van der Waals surface area contributed by atoms with Crippen LogP contribution in [0.15, 0.2) is 42.5 Å². The van der Waals surface area contributed by atoms with Gasteiger partial charge in [0.05, 0.1) is 24.4 Å². The number of piperazine rings is 1. The molecule has 2 heterocycles. The summed E-state index contributed by atoms with van der Waals surface area (Å²) in [6, 6.07) is 12.0. The average Bonchev–Trinajstić information content (AvgIpc) is 2.86. The lowest BCUT2D eigenvalue weighted by molar-refractivity contribution is -0.122. The van der Waals surface area contributed by atoms with Crippen molar-refractivity contribution in [2.45, 2.75) is 26.8 Å². The number of nitrogens with zero attached hydrogens (tertiary/aromatic N) is 2. The van der Waals surface area contributed by atoms with Crippen molar-refractivity contribution in [3.8, 4) is 11.1 Å². The molecular weight excluding hydrogens is 430 g/mol. The van der Waals surface area contributed by atoms with E-state index in [9.17, 15) is 14.4 Å². The first-order valence-corrected chi connectivity index (χ1v) is 10.9. The number of ether oxygens (including phenoxy) is 1. The topological polar surface area (TPSA) is 79.0 Å². The van der Waals surface area contributed by atoms with E-state index < -0.39 is 12.1 Å². The van der Waals surface area contributed by atoms with Crippen LogP contribution < -0.4 is 5.32 Å². The first-order valence-electron chi connectivity index (χ1n) is 10.6. The molecule has 7 nitrogen and oxygen atoms in total. The van der Waals surface area contributed by atoms with Gasteiger partial charge in [-0.2, -0.15) is 0 Å². The Balaban J connectivity index is 1.55. The zero-order valence-electron chi connectivity index (χ0n) is 18.4. The average molecular weight is 456 g/mol. The summed E-state index contributed by atoms with van der Waals surface area (Å²) < 4.78 is 5.40. The van der Waals surface area contributed by atoms with Crippen LogP contribution in [0, 0.1) is 5.41 Å². The molecule has 2 aromatic rings. The first-order chi connectivity index (χ1) is 15.1. The predicted octanol–water partition coefficient (Wildman–Crippen LogP) is 4.27. The molecule has 0 spiro atoms. The molecule has 1 saturated heterocycles. The van der Waals surface area contributed by atoms with Gasteiger partial charge in [-0.05, 0) is 40.8 Å². The highest BCUT2D eigenvalue weighted by molar-refractivity contribution is 6.30. The van der Waals surface area contributed by atoms with Crippen LogP contribution in [0.5, 0.6) is 0 Å². The van der Waals surface area contributed by atoms with E-state index >= 15 is 0 Å². The Morgan fingerprint density at radius 2 is 1.78 bits per heavy atom. The van der Waals surface area contributed by atoms with Crippen LogP contribution in [0.2, 0.25) is 5.02 Å². The lowest BCUT2D eigenvalue weighted by Gasteiger charge is -2.39. The van der Waals surface area contributed by atoms with Gasteiger partial charge in [0.1, 0.15) is 6.04 Å². The summed E-state index contributed by atoms with van der Waals surface area (Å²) in [7, 11) is 0. The Morgan fingerprint density at radius 3 is 2.47 bits per heavy atom. The van der Waals surface area contributed by atoms with Crippen LogP contribution in [-0.4, -0.2) is 60.0 Å². The van der Waals surface area contributed by atoms with Crippen LogP contribution in [-0.2, 0) is 9.53 Å². The zero-order valence-corrected chi connectivity index (χ0v) is 19.1. The smallest absolute Gasteiger partial charge is 0.409 e. The Bertz CT molecular complexity index is 1060. The van der Waals surface area contributed by atoms with Crippen LogP contribution in [0.1, 0.15) is 31.1 Å². The van der Waals surface area contributed by atoms with Crippen LogP contribution in [0.25, 0.3) is 11.1 Å². The fraction of sp³-hybridized carbons (Fsp3) is 0.375. The fourth-order valence-electron chi connectivity index (χ4n) is 3.81. The van der Waals surface area contributed by atoms with E-state index in [4.69, 9.17) is 16.3 Å². The van der Waals surface area contributed by atoms with Crippen molar-refractivity contribution in [2.75, 3.05) is 31.6 Å². The van der Waals surface area contributed by atoms with Crippen molar-refractivity contribution in [3.05, 3.63) is 53.1 Å². The second kappa shape index (κ2) is 8.47. The summed E-state index contributed by atoms with van der Waals surface area (Å²) in [4.78, 5) is 41.8. The van der Waals surface area contributed by atoms with Crippen molar-refractivity contribution in [1.82, 2.24) is 9.80 Å². The highest BCUT2D eigenvalue weighted by Gasteiger charge is 2.41. The second-order valence-corrected chi connectivity index (χ2v) is 9.77. The molecular formula is C24H26ClN3O4. The molecule has 0 aliphatic carbocycles. The van der Waals surface area contributed by atoms with Crippen LogP contribution in [0.4, 0.5) is 10.5 Å². The summed E-state index contributed by atoms with van der Waals surface area (Å²) in [6.45, 7) is 6.87. The van der Waals surface area contributed by atoms with E-state index in [1.807, 2.05) is 39.0 Å². The SMILES string of the molecule is CC(C)(C)COC(=O)N1CCN2C(=O)c3cc(-c4ccc(Cl)cc4)ccc3NC(=O)C2C1. The number of hydrogen-bond acceptors (Lipinski definition) is 4. The number of carbonyl (C=O) groups excluding carboxylic acids is 3. The third-order valence-corrected chi connectivity index (χ3v) is 5.77. The second-order valence-electron chi connectivity index (χ2n) is 9.33. The highest BCUT2D eigenvalue weighted by Crippen LogP contribution is 2.31. The molecule has 32 heavy (non-hydrogen) atoms. The first kappa shape index (κ1) is 22.1. The number of halogens is 1. The molecule has 3 amide bonds. The monoisotopic (exact) mass is 455 g/mol. The molecule has 0 radical (unpaired) electrons. The number of anilines is 1. The van der Waals surface area contributed by atoms with Gasteiger partial charge in [-0.25, -0.2) is 4.79 Å². The molecule has 168 valence electrons. The highest BCUT2D eigenvalue weighted by atomic mass is 35.5. The summed E-state index contributed by atoms with van der Waals surface area (Å²) in [5.41, 5.74) is 2.51. The van der Waals surface area contributed by atoms with E-state index in [2.05, 4.69) is 5.32 Å². The molecule has 0 bridgehead atoms. The Morgan fingerprint density at radius 1 is 1.09 bits per heavy atom. The maximum Gasteiger partial charge on any atom is 0.409 e. The molecule has 1 atom stereocenters. The van der Waals surface area contributed by atoms with Gasteiger partial charge in [0.15, 0.2) is 0 Å². The Kier molecular flexibility index (Phi) is 5.86. The zero-order chi connectivity index (χ0) is 23.0. The summed E-state index contributed by atoms with van der Waals surface area (Å²) in [6.07, 6.45) is -0.466. The summed E-state index contributed by atoms with van der Waals surface area (Å²) >= 11 is 5.98. The van der Waals surface area contributed by atoms with Crippen molar-refractivity contribution >= 4 is 35.2 Å². The standard InChI is InChI=1S/C24H26ClN3O4/c1-24(2,3)14-32-23(31)27-10-11-28-20(13-27)21(29)26-19-9-6-16(12-18(19)22(28)30)15-4-7-17(25)8-5-15/h4-9,12,20H,10-11,13-14H2,1-3H3,(H,26,29). The number of hydrogen-bond donors (Lipinski definition) is 1. The fourth-order valence-corrected chi connectivity index (χ4v) is 3.93. The molecule has 1 N–H and O–H groups in total. The van der Waals surface area contributed by atoms with Gasteiger partial charge in [0.2, 0.25) is 5.91 Å². The maximum atomic E-state index is 13.4. The van der Waals surface area contributed by atoms with Gasteiger partial charge >= 0.3 is 6.09 Å². The molecule has 8 heteroatoms. The van der Waals surface area contributed by atoms with E-state index in [0.717, 1.165) is 11.1 Å². The molecule has 0 saturated carbocycles. The molecule has 0 aromatic heterocycles. The van der Waals surface area contributed by atoms with Crippen LogP contribution in [0.3, 0.4) is 0 Å². The van der Waals surface area contributed by atoms with E-state index in [0.29, 0.717) is 22.8 Å². The van der Waals surface area contributed by atoms with Crippen LogP contribution >= 0.6 is 11.6 Å². The van der Waals surface area contributed by atoms with Gasteiger partial charge in [-0.1, -0.05) is 50.6 Å². The minimum atomic E-state index is -0.773. The minimum absolute atomic E-state index is 0.0958. The van der Waals surface area contributed by atoms with Crippen molar-refractivity contribution in [3.63, 3.8) is 0 Å². The van der Waals surface area contributed by atoms with E-state index in [1.165, 1.54) is 4.90 Å². The molecule has 1 fully saturated rings. The van der Waals surface area contributed by atoms with Crippen molar-refractivity contribution in [2.24, 2.45) is 5.41 Å². The van der Waals surface area contributed by atoms with E-state index in [1.54, 1.807) is 29.2 Å². The lowest BCUT2D eigenvalue weighted by Crippen LogP contribution is -2.59. The van der Waals surface area contributed by atoms with Gasteiger partial charge in [-0.15, -0.1) is 0 Å². The maximum absolute atomic E-state index is 13.4. The number of benzene rings is 2. The molecule has 2 aliphatic heterocycles. The van der Waals surface area contributed by atoms with Gasteiger partial charge in [0.25, 0.3) is 5.91 Å². The Labute approximate surface area is 192 Å². The number of fused-ring (bicyclic) bond motifs is 2. The predicted molar refractivity (Wildman–Crippen MR) is 123 cm³/mol. The van der Waals surface area contributed by atoms with Gasteiger partial charge < -0.3 is 19.9 Å². The normalized spacial score (nSPS) is 18.4. The quantitative estimate of drug-likeness (QED) is 0.733. The number of nitrogens with one attached hydrogen (secondary N) is 1. The number of rotatable bonds is 2. The molecule has 4 rings (SSSR count).